The molecule has 1 aliphatic heterocycles. The predicted molar refractivity (Wildman–Crippen MR) is 87.6 cm³/mol. The summed E-state index contributed by atoms with van der Waals surface area (Å²) in [5.41, 5.74) is 8.01. The Kier molecular flexibility index (Phi) is 5.31. The lowest BCUT2D eigenvalue weighted by atomic mass is 10.2. The van der Waals surface area contributed by atoms with Crippen molar-refractivity contribution in [2.75, 3.05) is 18.5 Å². The third kappa shape index (κ3) is 4.06. The number of amidine groups is 1. The van der Waals surface area contributed by atoms with Gasteiger partial charge >= 0.3 is 0 Å². The van der Waals surface area contributed by atoms with Gasteiger partial charge in [-0.2, -0.15) is 14.7 Å². The van der Waals surface area contributed by atoms with Gasteiger partial charge in [0.15, 0.2) is 5.84 Å². The summed E-state index contributed by atoms with van der Waals surface area (Å²) in [6, 6.07) is 7.76. The van der Waals surface area contributed by atoms with Crippen molar-refractivity contribution in [2.45, 2.75) is 24.2 Å². The van der Waals surface area contributed by atoms with Crippen molar-refractivity contribution < 1.29 is 8.42 Å². The van der Waals surface area contributed by atoms with E-state index in [1.807, 2.05) is 0 Å². The number of anilines is 1. The van der Waals surface area contributed by atoms with Crippen LogP contribution in [0.25, 0.3) is 0 Å². The minimum Gasteiger partial charge on any atom is -0.382 e. The van der Waals surface area contributed by atoms with Crippen LogP contribution in [0.1, 0.15) is 19.3 Å². The van der Waals surface area contributed by atoms with Gasteiger partial charge in [-0.15, -0.1) is 0 Å². The molecule has 0 atom stereocenters. The van der Waals surface area contributed by atoms with Gasteiger partial charge < -0.3 is 5.73 Å². The molecule has 8 nitrogen and oxygen atoms in total. The van der Waals surface area contributed by atoms with Crippen LogP contribution in [0.15, 0.2) is 34.3 Å². The number of piperidine rings is 1. The minimum absolute atomic E-state index is 0.223. The molecule has 1 saturated heterocycles. The largest absolute Gasteiger partial charge is 0.382 e. The summed E-state index contributed by atoms with van der Waals surface area (Å²) in [6.07, 6.45) is 2.83. The van der Waals surface area contributed by atoms with Crippen LogP contribution < -0.4 is 11.2 Å². The third-order valence-electron chi connectivity index (χ3n) is 3.46. The molecule has 1 fully saturated rings. The van der Waals surface area contributed by atoms with E-state index in [4.69, 9.17) is 16.4 Å². The van der Waals surface area contributed by atoms with Crippen molar-refractivity contribution in [3.05, 3.63) is 24.3 Å². The van der Waals surface area contributed by atoms with Crippen LogP contribution in [0, 0.1) is 16.7 Å². The number of nitrogens with two attached hydrogens (primary N) is 1. The quantitative estimate of drug-likeness (QED) is 0.421. The normalized spacial score (nSPS) is 16.6. The van der Waals surface area contributed by atoms with Crippen LogP contribution >= 0.6 is 0 Å². The molecule has 0 saturated carbocycles. The third-order valence-corrected chi connectivity index (χ3v) is 5.38. The predicted octanol–water partition coefficient (Wildman–Crippen LogP) is 1.09. The SMILES string of the molecule is N#C/C(=N\Nc1ccc(S(=O)(=O)N2CCCCC2)cc1)C(=N)N. The Hall–Kier alpha value is -2.44. The molecular formula is C14H18N6O2S. The second-order valence-electron chi connectivity index (χ2n) is 5.09. The molecule has 2 rings (SSSR count). The summed E-state index contributed by atoms with van der Waals surface area (Å²) < 4.78 is 26.5. The Labute approximate surface area is 135 Å². The molecule has 0 aliphatic carbocycles. The lowest BCUT2D eigenvalue weighted by Crippen LogP contribution is -2.35. The summed E-state index contributed by atoms with van der Waals surface area (Å²) in [5, 5.41) is 19.6. The summed E-state index contributed by atoms with van der Waals surface area (Å²) in [7, 11) is -3.46. The first-order chi connectivity index (χ1) is 10.9. The smallest absolute Gasteiger partial charge is 0.243 e. The molecular weight excluding hydrogens is 316 g/mol. The average Bonchev–Trinajstić information content (AvgIpc) is 2.56. The van der Waals surface area contributed by atoms with E-state index in [0.29, 0.717) is 18.8 Å². The van der Waals surface area contributed by atoms with Crippen molar-refractivity contribution >= 4 is 27.3 Å². The number of nitrogens with one attached hydrogen (secondary N) is 2. The maximum atomic E-state index is 12.5. The molecule has 0 aromatic heterocycles. The molecule has 9 heteroatoms. The van der Waals surface area contributed by atoms with Crippen LogP contribution in [0.5, 0.6) is 0 Å². The van der Waals surface area contributed by atoms with Gasteiger partial charge in [-0.05, 0) is 37.1 Å². The molecule has 1 heterocycles. The lowest BCUT2D eigenvalue weighted by Gasteiger charge is -2.25. The molecule has 1 aromatic rings. The minimum atomic E-state index is -3.46. The molecule has 0 amide bonds. The number of hydrogen-bond donors (Lipinski definition) is 3. The monoisotopic (exact) mass is 334 g/mol. The van der Waals surface area contributed by atoms with Crippen LogP contribution in [0.3, 0.4) is 0 Å². The summed E-state index contributed by atoms with van der Waals surface area (Å²) >= 11 is 0. The zero-order valence-electron chi connectivity index (χ0n) is 12.5. The molecule has 1 aliphatic rings. The summed E-state index contributed by atoms with van der Waals surface area (Å²) in [6.45, 7) is 1.10. The van der Waals surface area contributed by atoms with E-state index < -0.39 is 15.9 Å². The highest BCUT2D eigenvalue weighted by atomic mass is 32.2. The zero-order chi connectivity index (χ0) is 16.9. The topological polar surface area (TPSA) is 135 Å². The highest BCUT2D eigenvalue weighted by molar-refractivity contribution is 7.89. The Morgan fingerprint density at radius 2 is 1.87 bits per heavy atom. The van der Waals surface area contributed by atoms with E-state index in [1.54, 1.807) is 18.2 Å². The Bertz CT molecular complexity index is 742. The van der Waals surface area contributed by atoms with Crippen LogP contribution in [0.4, 0.5) is 5.69 Å². The summed E-state index contributed by atoms with van der Waals surface area (Å²) in [4.78, 5) is 0.223. The van der Waals surface area contributed by atoms with Gasteiger partial charge in [0.1, 0.15) is 6.07 Å². The molecule has 0 spiro atoms. The molecule has 4 N–H and O–H groups in total. The number of sulfonamides is 1. The van der Waals surface area contributed by atoms with Crippen molar-refractivity contribution in [1.82, 2.24) is 4.31 Å². The van der Waals surface area contributed by atoms with E-state index >= 15 is 0 Å². The fourth-order valence-electron chi connectivity index (χ4n) is 2.22. The first kappa shape index (κ1) is 16.9. The highest BCUT2D eigenvalue weighted by Gasteiger charge is 2.25. The molecule has 122 valence electrons. The van der Waals surface area contributed by atoms with Gasteiger partial charge in [0.05, 0.1) is 10.6 Å². The van der Waals surface area contributed by atoms with Gasteiger partial charge in [0.2, 0.25) is 15.7 Å². The Balaban J connectivity index is 2.13. The van der Waals surface area contributed by atoms with Gasteiger partial charge in [-0.3, -0.25) is 10.8 Å². The number of nitriles is 1. The second kappa shape index (κ2) is 7.21. The molecule has 23 heavy (non-hydrogen) atoms. The Morgan fingerprint density at radius 1 is 1.26 bits per heavy atom. The number of hydrazone groups is 1. The standard InChI is InChI=1S/C14H18N6O2S/c15-10-13(14(16)17)19-18-11-4-6-12(7-5-11)23(21,22)20-8-2-1-3-9-20/h4-7,18H,1-3,8-9H2,(H3,16,17)/b19-13+. The van der Waals surface area contributed by atoms with Crippen LogP contribution in [-0.4, -0.2) is 37.4 Å². The maximum absolute atomic E-state index is 12.5. The van der Waals surface area contributed by atoms with E-state index in [9.17, 15) is 8.42 Å². The summed E-state index contributed by atoms with van der Waals surface area (Å²) in [5.74, 6) is -0.440. The number of rotatable bonds is 5. The van der Waals surface area contributed by atoms with E-state index in [-0.39, 0.29) is 10.6 Å². The van der Waals surface area contributed by atoms with Crippen molar-refractivity contribution in [3.8, 4) is 6.07 Å². The highest BCUT2D eigenvalue weighted by Crippen LogP contribution is 2.21. The molecule has 1 aromatic carbocycles. The first-order valence-electron chi connectivity index (χ1n) is 7.13. The number of hydrogen-bond acceptors (Lipinski definition) is 6. The molecule has 0 bridgehead atoms. The molecule has 0 radical (unpaired) electrons. The van der Waals surface area contributed by atoms with E-state index in [0.717, 1.165) is 19.3 Å². The van der Waals surface area contributed by atoms with Gasteiger partial charge in [0.25, 0.3) is 0 Å². The lowest BCUT2D eigenvalue weighted by molar-refractivity contribution is 0.346. The maximum Gasteiger partial charge on any atom is 0.243 e. The first-order valence-corrected chi connectivity index (χ1v) is 8.57. The van der Waals surface area contributed by atoms with Crippen molar-refractivity contribution in [1.29, 1.82) is 10.7 Å². The number of benzene rings is 1. The van der Waals surface area contributed by atoms with Crippen molar-refractivity contribution in [2.24, 2.45) is 10.8 Å². The van der Waals surface area contributed by atoms with Crippen LogP contribution in [0.2, 0.25) is 0 Å². The van der Waals surface area contributed by atoms with Gasteiger partial charge in [-0.1, -0.05) is 6.42 Å². The van der Waals surface area contributed by atoms with Crippen molar-refractivity contribution in [3.63, 3.8) is 0 Å². The van der Waals surface area contributed by atoms with Gasteiger partial charge in [-0.25, -0.2) is 8.42 Å². The fourth-order valence-corrected chi connectivity index (χ4v) is 3.74. The van der Waals surface area contributed by atoms with Crippen LogP contribution in [-0.2, 0) is 10.0 Å². The van der Waals surface area contributed by atoms with E-state index in [1.165, 1.54) is 16.4 Å². The Morgan fingerprint density at radius 3 is 2.39 bits per heavy atom. The zero-order valence-corrected chi connectivity index (χ0v) is 13.3. The second-order valence-corrected chi connectivity index (χ2v) is 7.02. The van der Waals surface area contributed by atoms with Gasteiger partial charge in [0, 0.05) is 13.1 Å². The fraction of sp³-hybridized carbons (Fsp3) is 0.357. The number of nitrogens with zero attached hydrogens (tertiary/aromatic N) is 3. The molecule has 0 unspecified atom stereocenters. The van der Waals surface area contributed by atoms with E-state index in [2.05, 4.69) is 10.5 Å². The average molecular weight is 334 g/mol.